The second-order valence-electron chi connectivity index (χ2n) is 6.92. The highest BCUT2D eigenvalue weighted by molar-refractivity contribution is 5.80. The molecule has 138 valence electrons. The first-order valence-corrected chi connectivity index (χ1v) is 8.71. The smallest absolute Gasteiger partial charge is 0.338 e. The van der Waals surface area contributed by atoms with Gasteiger partial charge in [0.15, 0.2) is 5.60 Å². The van der Waals surface area contributed by atoms with Crippen molar-refractivity contribution >= 4 is 5.97 Å². The van der Waals surface area contributed by atoms with E-state index in [0.29, 0.717) is 25.7 Å². The normalized spacial score (nSPS) is 24.9. The average Bonchev–Trinajstić information content (AvgIpc) is 2.97. The van der Waals surface area contributed by atoms with Gasteiger partial charge in [0.05, 0.1) is 12.2 Å². The van der Waals surface area contributed by atoms with E-state index in [4.69, 9.17) is 14.2 Å². The molecule has 3 rings (SSSR count). The maximum Gasteiger partial charge on any atom is 0.338 e. The van der Waals surface area contributed by atoms with Crippen LogP contribution in [0.25, 0.3) is 0 Å². The van der Waals surface area contributed by atoms with Crippen molar-refractivity contribution < 1.29 is 19.0 Å². The summed E-state index contributed by atoms with van der Waals surface area (Å²) in [5.41, 5.74) is -1.75. The number of carbonyl (C=O) groups excluding carboxylic acids is 1. The zero-order chi connectivity index (χ0) is 18.0. The van der Waals surface area contributed by atoms with Crippen molar-refractivity contribution in [1.82, 2.24) is 9.55 Å². The molecule has 2 fully saturated rings. The van der Waals surface area contributed by atoms with Crippen LogP contribution in [0.3, 0.4) is 0 Å². The van der Waals surface area contributed by atoms with Gasteiger partial charge in [-0.2, -0.15) is 0 Å². The second-order valence-corrected chi connectivity index (χ2v) is 6.92. The molecule has 1 aromatic heterocycles. The Morgan fingerprint density at radius 2 is 2.16 bits per heavy atom. The molecule has 2 atom stereocenters. The Hall–Kier alpha value is -1.93. The Balaban J connectivity index is 1.54. The van der Waals surface area contributed by atoms with Crippen LogP contribution < -0.4 is 11.2 Å². The van der Waals surface area contributed by atoms with Crippen LogP contribution >= 0.6 is 0 Å². The largest absolute Gasteiger partial charge is 0.461 e. The fourth-order valence-corrected chi connectivity index (χ4v) is 3.29. The molecule has 0 radical (unpaired) electrons. The van der Waals surface area contributed by atoms with E-state index >= 15 is 0 Å². The van der Waals surface area contributed by atoms with E-state index in [0.717, 1.165) is 6.42 Å². The highest BCUT2D eigenvalue weighted by Gasteiger charge is 2.48. The molecular formula is C17H24N2O6. The topological polar surface area (TPSA) is 99.6 Å². The summed E-state index contributed by atoms with van der Waals surface area (Å²) in [5, 5.41) is 0. The molecule has 2 unspecified atom stereocenters. The number of aromatic nitrogens is 2. The molecule has 1 aromatic rings. The first kappa shape index (κ1) is 17.9. The number of nitrogens with one attached hydrogen (secondary N) is 1. The molecule has 0 amide bonds. The third kappa shape index (κ3) is 3.85. The first-order valence-electron chi connectivity index (χ1n) is 8.71. The zero-order valence-electron chi connectivity index (χ0n) is 14.5. The van der Waals surface area contributed by atoms with E-state index in [1.54, 1.807) is 0 Å². The summed E-state index contributed by atoms with van der Waals surface area (Å²) in [5.74, 6) is -0.333. The number of hydrogen-bond donors (Lipinski definition) is 1. The molecule has 0 spiro atoms. The molecule has 2 heterocycles. The molecule has 2 aliphatic rings. The molecule has 0 bridgehead atoms. The van der Waals surface area contributed by atoms with E-state index in [1.807, 2.05) is 13.8 Å². The van der Waals surface area contributed by atoms with Crippen molar-refractivity contribution in [2.75, 3.05) is 6.61 Å². The average molecular weight is 352 g/mol. The molecule has 25 heavy (non-hydrogen) atoms. The Kier molecular flexibility index (Phi) is 5.10. The Bertz CT molecular complexity index is 733. The van der Waals surface area contributed by atoms with Gasteiger partial charge in [0.2, 0.25) is 0 Å². The summed E-state index contributed by atoms with van der Waals surface area (Å²) >= 11 is 0. The highest BCUT2D eigenvalue weighted by Crippen LogP contribution is 2.38. The van der Waals surface area contributed by atoms with Crippen LogP contribution in [-0.4, -0.2) is 39.9 Å². The number of hydrogen-bond acceptors (Lipinski definition) is 6. The maximum atomic E-state index is 12.4. The van der Waals surface area contributed by atoms with E-state index in [-0.39, 0.29) is 24.8 Å². The van der Waals surface area contributed by atoms with Gasteiger partial charge in [-0.15, -0.1) is 0 Å². The maximum absolute atomic E-state index is 12.4. The van der Waals surface area contributed by atoms with Crippen LogP contribution in [0.4, 0.5) is 0 Å². The molecule has 0 aromatic carbocycles. The lowest BCUT2D eigenvalue weighted by Gasteiger charge is -2.40. The number of esters is 1. The summed E-state index contributed by atoms with van der Waals surface area (Å²) in [6.07, 6.45) is 4.26. The van der Waals surface area contributed by atoms with Gasteiger partial charge in [-0.25, -0.2) is 9.59 Å². The quantitative estimate of drug-likeness (QED) is 0.770. The van der Waals surface area contributed by atoms with Crippen LogP contribution in [0.15, 0.2) is 21.9 Å². The summed E-state index contributed by atoms with van der Waals surface area (Å²) < 4.78 is 18.3. The number of ether oxygens (including phenoxy) is 3. The number of carbonyl (C=O) groups is 1. The standard InChI is InChI=1S/C17H24N2O6/c1-11(2)25-17(7-3-8-17)15(21)23-10-12-4-5-14(24-12)19-9-6-13(20)18-16(19)22/h6,9,11-12,14H,3-5,7-8,10H2,1-2H3,(H,18,20,22). The van der Waals surface area contributed by atoms with Crippen LogP contribution in [0.2, 0.25) is 0 Å². The third-order valence-electron chi connectivity index (χ3n) is 4.64. The van der Waals surface area contributed by atoms with E-state index in [2.05, 4.69) is 4.98 Å². The van der Waals surface area contributed by atoms with Gasteiger partial charge in [-0.1, -0.05) is 0 Å². The van der Waals surface area contributed by atoms with Crippen molar-refractivity contribution in [1.29, 1.82) is 0 Å². The molecule has 1 aliphatic heterocycles. The Labute approximate surface area is 145 Å². The van der Waals surface area contributed by atoms with E-state index in [9.17, 15) is 14.4 Å². The van der Waals surface area contributed by atoms with Gasteiger partial charge in [0.25, 0.3) is 5.56 Å². The monoisotopic (exact) mass is 352 g/mol. The minimum Gasteiger partial charge on any atom is -0.461 e. The summed E-state index contributed by atoms with van der Waals surface area (Å²) in [4.78, 5) is 37.5. The number of aromatic amines is 1. The first-order chi connectivity index (χ1) is 11.9. The molecule has 1 aliphatic carbocycles. The highest BCUT2D eigenvalue weighted by atomic mass is 16.6. The lowest BCUT2D eigenvalue weighted by Crippen LogP contribution is -2.50. The van der Waals surface area contributed by atoms with Crippen molar-refractivity contribution in [3.05, 3.63) is 33.1 Å². The molecular weight excluding hydrogens is 328 g/mol. The molecule has 8 nitrogen and oxygen atoms in total. The van der Waals surface area contributed by atoms with Gasteiger partial charge in [0, 0.05) is 12.3 Å². The summed E-state index contributed by atoms with van der Waals surface area (Å²) in [6, 6.07) is 1.28. The van der Waals surface area contributed by atoms with Crippen molar-refractivity contribution in [3.8, 4) is 0 Å². The van der Waals surface area contributed by atoms with Crippen molar-refractivity contribution in [2.45, 2.75) is 70.0 Å². The van der Waals surface area contributed by atoms with Crippen LogP contribution in [-0.2, 0) is 19.0 Å². The van der Waals surface area contributed by atoms with Crippen molar-refractivity contribution in [3.63, 3.8) is 0 Å². The van der Waals surface area contributed by atoms with Gasteiger partial charge in [-0.05, 0) is 46.0 Å². The summed E-state index contributed by atoms with van der Waals surface area (Å²) in [6.45, 7) is 3.94. The fraction of sp³-hybridized carbons (Fsp3) is 0.706. The fourth-order valence-electron chi connectivity index (χ4n) is 3.29. The predicted molar refractivity (Wildman–Crippen MR) is 88.2 cm³/mol. The number of H-pyrrole nitrogens is 1. The van der Waals surface area contributed by atoms with Gasteiger partial charge >= 0.3 is 11.7 Å². The Morgan fingerprint density at radius 1 is 1.40 bits per heavy atom. The van der Waals surface area contributed by atoms with E-state index in [1.165, 1.54) is 16.8 Å². The number of rotatable bonds is 6. The minimum atomic E-state index is -0.804. The van der Waals surface area contributed by atoms with Gasteiger partial charge in [0.1, 0.15) is 12.8 Å². The van der Waals surface area contributed by atoms with Crippen LogP contribution in [0.1, 0.15) is 52.2 Å². The van der Waals surface area contributed by atoms with Crippen LogP contribution in [0, 0.1) is 0 Å². The predicted octanol–water partition coefficient (Wildman–Crippen LogP) is 1.11. The molecule has 1 saturated heterocycles. The zero-order valence-corrected chi connectivity index (χ0v) is 14.5. The van der Waals surface area contributed by atoms with Gasteiger partial charge in [-0.3, -0.25) is 14.3 Å². The molecule has 1 N–H and O–H groups in total. The lowest BCUT2D eigenvalue weighted by atomic mass is 9.80. The molecule has 8 heteroatoms. The lowest BCUT2D eigenvalue weighted by molar-refractivity contribution is -0.196. The SMILES string of the molecule is CC(C)OC1(C(=O)OCC2CCC(n3ccc(=O)[nH]c3=O)O2)CCC1. The van der Waals surface area contributed by atoms with Crippen molar-refractivity contribution in [2.24, 2.45) is 0 Å². The molecule has 1 saturated carbocycles. The number of nitrogens with zero attached hydrogens (tertiary/aromatic N) is 1. The second kappa shape index (κ2) is 7.13. The summed E-state index contributed by atoms with van der Waals surface area (Å²) in [7, 11) is 0. The minimum absolute atomic E-state index is 0.0351. The van der Waals surface area contributed by atoms with E-state index < -0.39 is 23.1 Å². The van der Waals surface area contributed by atoms with Gasteiger partial charge < -0.3 is 14.2 Å². The Morgan fingerprint density at radius 3 is 2.76 bits per heavy atom. The van der Waals surface area contributed by atoms with Crippen LogP contribution in [0.5, 0.6) is 0 Å². The third-order valence-corrected chi connectivity index (χ3v) is 4.64.